The summed E-state index contributed by atoms with van der Waals surface area (Å²) in [5.74, 6) is 0.969. The van der Waals surface area contributed by atoms with Crippen LogP contribution in [0.3, 0.4) is 0 Å². The molecular weight excluding hydrogens is 186 g/mol. The van der Waals surface area contributed by atoms with E-state index >= 15 is 0 Å². The predicted molar refractivity (Wildman–Crippen MR) is 64.4 cm³/mol. The number of benzene rings is 1. The first-order valence-corrected chi connectivity index (χ1v) is 5.32. The summed E-state index contributed by atoms with van der Waals surface area (Å²) in [7, 11) is 0. The minimum Gasteiger partial charge on any atom is -0.486 e. The number of ether oxygens (including phenoxy) is 1. The molecule has 0 aliphatic rings. The van der Waals surface area contributed by atoms with Crippen molar-refractivity contribution in [2.24, 2.45) is 5.73 Å². The molecule has 0 heterocycles. The lowest BCUT2D eigenvalue weighted by molar-refractivity contribution is 0.117. The van der Waals surface area contributed by atoms with E-state index in [4.69, 9.17) is 10.5 Å². The van der Waals surface area contributed by atoms with Crippen LogP contribution < -0.4 is 10.5 Å². The van der Waals surface area contributed by atoms with E-state index in [0.717, 1.165) is 5.75 Å². The molecule has 0 fully saturated rings. The normalized spacial score (nSPS) is 11.6. The third-order valence-corrected chi connectivity index (χ3v) is 2.47. The van der Waals surface area contributed by atoms with E-state index in [9.17, 15) is 0 Å². The summed E-state index contributed by atoms with van der Waals surface area (Å²) < 4.78 is 5.94. The zero-order valence-corrected chi connectivity index (χ0v) is 10.3. The zero-order valence-electron chi connectivity index (χ0n) is 10.3. The molecule has 0 aliphatic carbocycles. The average Bonchev–Trinajstić information content (AvgIpc) is 2.11. The van der Waals surface area contributed by atoms with Crippen molar-refractivity contribution in [1.82, 2.24) is 0 Å². The first-order valence-electron chi connectivity index (χ1n) is 5.32. The highest BCUT2D eigenvalue weighted by Gasteiger charge is 2.19. The molecule has 0 spiro atoms. The SMILES string of the molecule is Cc1cc(C)c(OC(C)(C)CN)c(C)c1. The second-order valence-electron chi connectivity index (χ2n) is 4.79. The molecule has 0 bridgehead atoms. The summed E-state index contributed by atoms with van der Waals surface area (Å²) in [6, 6.07) is 4.27. The minimum absolute atomic E-state index is 0.301. The van der Waals surface area contributed by atoms with Gasteiger partial charge in [0.05, 0.1) is 0 Å². The maximum absolute atomic E-state index is 5.94. The van der Waals surface area contributed by atoms with Gasteiger partial charge in [0, 0.05) is 6.54 Å². The van der Waals surface area contributed by atoms with E-state index in [1.807, 2.05) is 13.8 Å². The van der Waals surface area contributed by atoms with Crippen LogP contribution in [0.15, 0.2) is 12.1 Å². The van der Waals surface area contributed by atoms with Crippen LogP contribution in [0.25, 0.3) is 0 Å². The molecule has 15 heavy (non-hydrogen) atoms. The standard InChI is InChI=1S/C13H21NO/c1-9-6-10(2)12(11(3)7-9)15-13(4,5)8-14/h6-7H,8,14H2,1-5H3. The van der Waals surface area contributed by atoms with Gasteiger partial charge in [-0.25, -0.2) is 0 Å². The molecule has 1 rings (SSSR count). The molecule has 0 aliphatic heterocycles. The van der Waals surface area contributed by atoms with Gasteiger partial charge in [0.2, 0.25) is 0 Å². The fourth-order valence-corrected chi connectivity index (χ4v) is 1.65. The number of aryl methyl sites for hydroxylation is 3. The smallest absolute Gasteiger partial charge is 0.126 e. The van der Waals surface area contributed by atoms with Crippen LogP contribution in [0.2, 0.25) is 0 Å². The highest BCUT2D eigenvalue weighted by atomic mass is 16.5. The summed E-state index contributed by atoms with van der Waals surface area (Å²) >= 11 is 0. The van der Waals surface area contributed by atoms with Gasteiger partial charge in [-0.2, -0.15) is 0 Å². The Kier molecular flexibility index (Phi) is 3.40. The Labute approximate surface area is 92.4 Å². The van der Waals surface area contributed by atoms with Crippen LogP contribution >= 0.6 is 0 Å². The number of rotatable bonds is 3. The highest BCUT2D eigenvalue weighted by Crippen LogP contribution is 2.27. The number of hydrogen-bond acceptors (Lipinski definition) is 2. The lowest BCUT2D eigenvalue weighted by atomic mass is 10.1. The van der Waals surface area contributed by atoms with Gasteiger partial charge in [-0.05, 0) is 45.7 Å². The Hall–Kier alpha value is -1.02. The summed E-state index contributed by atoms with van der Waals surface area (Å²) in [4.78, 5) is 0. The predicted octanol–water partition coefficient (Wildman–Crippen LogP) is 2.73. The van der Waals surface area contributed by atoms with Gasteiger partial charge >= 0.3 is 0 Å². The Morgan fingerprint density at radius 1 is 1.13 bits per heavy atom. The topological polar surface area (TPSA) is 35.2 Å². The molecule has 0 radical (unpaired) electrons. The lowest BCUT2D eigenvalue weighted by Gasteiger charge is -2.27. The van der Waals surface area contributed by atoms with Gasteiger partial charge < -0.3 is 10.5 Å². The van der Waals surface area contributed by atoms with Crippen molar-refractivity contribution in [3.05, 3.63) is 28.8 Å². The Morgan fingerprint density at radius 3 is 2.00 bits per heavy atom. The molecule has 2 heteroatoms. The highest BCUT2D eigenvalue weighted by molar-refractivity contribution is 5.43. The molecule has 2 N–H and O–H groups in total. The monoisotopic (exact) mass is 207 g/mol. The molecule has 0 saturated heterocycles. The van der Waals surface area contributed by atoms with Crippen molar-refractivity contribution in [3.8, 4) is 5.75 Å². The Bertz CT molecular complexity index is 333. The van der Waals surface area contributed by atoms with Crippen LogP contribution in [0.4, 0.5) is 0 Å². The van der Waals surface area contributed by atoms with Gasteiger partial charge in [-0.3, -0.25) is 0 Å². The maximum atomic E-state index is 5.94. The van der Waals surface area contributed by atoms with Gasteiger partial charge in [-0.15, -0.1) is 0 Å². The van der Waals surface area contributed by atoms with Crippen LogP contribution in [0, 0.1) is 20.8 Å². The zero-order chi connectivity index (χ0) is 11.6. The van der Waals surface area contributed by atoms with Crippen LogP contribution in [-0.2, 0) is 0 Å². The van der Waals surface area contributed by atoms with Crippen molar-refractivity contribution in [2.45, 2.75) is 40.2 Å². The van der Waals surface area contributed by atoms with E-state index in [0.29, 0.717) is 6.54 Å². The van der Waals surface area contributed by atoms with E-state index in [-0.39, 0.29) is 5.60 Å². The average molecular weight is 207 g/mol. The molecule has 1 aromatic carbocycles. The molecular formula is C13H21NO. The van der Waals surface area contributed by atoms with Gasteiger partial charge in [-0.1, -0.05) is 17.7 Å². The Morgan fingerprint density at radius 2 is 1.60 bits per heavy atom. The molecule has 0 amide bonds. The van der Waals surface area contributed by atoms with E-state index in [1.165, 1.54) is 16.7 Å². The molecule has 0 aromatic heterocycles. The fourth-order valence-electron chi connectivity index (χ4n) is 1.65. The van der Waals surface area contributed by atoms with Gasteiger partial charge in [0.15, 0.2) is 0 Å². The molecule has 1 aromatic rings. The van der Waals surface area contributed by atoms with Crippen molar-refractivity contribution in [2.75, 3.05) is 6.54 Å². The summed E-state index contributed by atoms with van der Waals surface area (Å²) in [5, 5.41) is 0. The third-order valence-electron chi connectivity index (χ3n) is 2.47. The lowest BCUT2D eigenvalue weighted by Crippen LogP contribution is -2.37. The summed E-state index contributed by atoms with van der Waals surface area (Å²) in [6.45, 7) is 10.8. The van der Waals surface area contributed by atoms with E-state index in [2.05, 4.69) is 32.9 Å². The fraction of sp³-hybridized carbons (Fsp3) is 0.538. The van der Waals surface area contributed by atoms with E-state index < -0.39 is 0 Å². The van der Waals surface area contributed by atoms with E-state index in [1.54, 1.807) is 0 Å². The minimum atomic E-state index is -0.301. The number of nitrogens with two attached hydrogens (primary N) is 1. The van der Waals surface area contributed by atoms with Crippen molar-refractivity contribution >= 4 is 0 Å². The van der Waals surface area contributed by atoms with Crippen molar-refractivity contribution in [3.63, 3.8) is 0 Å². The summed E-state index contributed by atoms with van der Waals surface area (Å²) in [5.41, 5.74) is 8.97. The van der Waals surface area contributed by atoms with Gasteiger partial charge in [0.25, 0.3) is 0 Å². The first-order chi connectivity index (χ1) is 6.85. The molecule has 0 unspecified atom stereocenters. The third kappa shape index (κ3) is 2.96. The molecule has 84 valence electrons. The number of hydrogen-bond donors (Lipinski definition) is 1. The van der Waals surface area contributed by atoms with Crippen molar-refractivity contribution in [1.29, 1.82) is 0 Å². The van der Waals surface area contributed by atoms with Crippen LogP contribution in [-0.4, -0.2) is 12.1 Å². The molecule has 0 atom stereocenters. The Balaban J connectivity index is 3.05. The van der Waals surface area contributed by atoms with Crippen LogP contribution in [0.5, 0.6) is 5.75 Å². The summed E-state index contributed by atoms with van der Waals surface area (Å²) in [6.07, 6.45) is 0. The molecule has 0 saturated carbocycles. The largest absolute Gasteiger partial charge is 0.486 e. The first kappa shape index (κ1) is 12.1. The second-order valence-corrected chi connectivity index (χ2v) is 4.79. The maximum Gasteiger partial charge on any atom is 0.126 e. The quantitative estimate of drug-likeness (QED) is 0.827. The second kappa shape index (κ2) is 4.23. The van der Waals surface area contributed by atoms with Crippen LogP contribution in [0.1, 0.15) is 30.5 Å². The van der Waals surface area contributed by atoms with Crippen molar-refractivity contribution < 1.29 is 4.74 Å². The molecule has 2 nitrogen and oxygen atoms in total. The van der Waals surface area contributed by atoms with Gasteiger partial charge in [0.1, 0.15) is 11.4 Å².